The molecule has 0 aliphatic rings. The summed E-state index contributed by atoms with van der Waals surface area (Å²) < 4.78 is 8.55. The number of nitrogens with one attached hydrogen (secondary N) is 3. The molecule has 0 fully saturated rings. The van der Waals surface area contributed by atoms with Crippen LogP contribution in [-0.2, 0) is 4.57 Å². The van der Waals surface area contributed by atoms with E-state index in [-0.39, 0.29) is 0 Å². The zero-order valence-electron chi connectivity index (χ0n) is 32.2. The van der Waals surface area contributed by atoms with Gasteiger partial charge in [-0.15, -0.1) is 0 Å². The number of hydrogen-bond acceptors (Lipinski definition) is 4. The molecule has 8 heteroatoms. The molecular weight excluding hydrogens is 569 g/mol. The van der Waals surface area contributed by atoms with E-state index in [9.17, 15) is 0 Å². The normalized spacial score (nSPS) is 13.4. The third-order valence-electron chi connectivity index (χ3n) is 9.29. The van der Waals surface area contributed by atoms with Gasteiger partial charge in [-0.1, -0.05) is 78.6 Å². The second-order valence-electron chi connectivity index (χ2n) is 12.8. The summed E-state index contributed by atoms with van der Waals surface area (Å²) in [6, 6.07) is 2.60. The number of hydrogen-bond donors (Lipinski definition) is 3. The van der Waals surface area contributed by atoms with Crippen molar-refractivity contribution in [3.05, 3.63) is 0 Å². The molecule has 0 spiro atoms. The maximum atomic E-state index is 8.55. The van der Waals surface area contributed by atoms with E-state index in [1.807, 2.05) is 0 Å². The van der Waals surface area contributed by atoms with Gasteiger partial charge in [0.1, 0.15) is 0 Å². The molecule has 7 nitrogen and oxygen atoms in total. The van der Waals surface area contributed by atoms with Crippen LogP contribution >= 0.6 is 7.82 Å². The van der Waals surface area contributed by atoms with E-state index in [2.05, 4.69) is 83.1 Å². The summed E-state index contributed by atoms with van der Waals surface area (Å²) in [5, 5.41) is 0. The molecular formula is C36H84N3O4P. The first kappa shape index (κ1) is 50.8. The molecule has 0 saturated carbocycles. The third kappa shape index (κ3) is 40.0. The maximum absolute atomic E-state index is 8.55. The van der Waals surface area contributed by atoms with Crippen LogP contribution in [0.25, 0.3) is 0 Å². The predicted molar refractivity (Wildman–Crippen MR) is 188 cm³/mol. The van der Waals surface area contributed by atoms with Crippen molar-refractivity contribution in [2.24, 2.45) is 0 Å². The van der Waals surface area contributed by atoms with Crippen molar-refractivity contribution in [2.45, 2.75) is 198 Å². The smallest absolute Gasteiger partial charge is 0.0845 e. The summed E-state index contributed by atoms with van der Waals surface area (Å²) in [5.41, 5.74) is 0. The molecule has 0 rings (SSSR count). The summed E-state index contributed by atoms with van der Waals surface area (Å²) in [7, 11) is -5.39. The Morgan fingerprint density at radius 1 is 0.409 bits per heavy atom. The van der Waals surface area contributed by atoms with Crippen LogP contribution in [0.3, 0.4) is 0 Å². The van der Waals surface area contributed by atoms with Crippen molar-refractivity contribution in [3.8, 4) is 0 Å². The van der Waals surface area contributed by atoms with E-state index in [0.29, 0.717) is 0 Å². The molecule has 0 heterocycles. The lowest BCUT2D eigenvalue weighted by Gasteiger charge is -2.36. The Hall–Kier alpha value is -0.0100. The molecule has 3 unspecified atom stereocenters. The predicted octanol–water partition coefficient (Wildman–Crippen LogP) is 3.99. The van der Waals surface area contributed by atoms with Gasteiger partial charge in [-0.3, -0.25) is 0 Å². The molecule has 44 heavy (non-hydrogen) atoms. The van der Waals surface area contributed by atoms with Crippen molar-refractivity contribution in [2.75, 3.05) is 39.3 Å². The van der Waals surface area contributed by atoms with Crippen LogP contribution in [0.5, 0.6) is 0 Å². The molecule has 0 saturated heterocycles. The summed E-state index contributed by atoms with van der Waals surface area (Å²) >= 11 is 0. The Labute approximate surface area is 278 Å². The number of rotatable bonds is 24. The van der Waals surface area contributed by atoms with Crippen LogP contribution in [0.15, 0.2) is 0 Å². The molecule has 0 aromatic rings. The average Bonchev–Trinajstić information content (AvgIpc) is 2.97. The Kier molecular flexibility index (Phi) is 43.3. The van der Waals surface area contributed by atoms with Crippen molar-refractivity contribution in [3.63, 3.8) is 0 Å². The van der Waals surface area contributed by atoms with Gasteiger partial charge >= 0.3 is 0 Å². The van der Waals surface area contributed by atoms with E-state index in [0.717, 1.165) is 18.1 Å². The average molecular weight is 654 g/mol. The molecule has 3 N–H and O–H groups in total. The van der Waals surface area contributed by atoms with Crippen molar-refractivity contribution < 1.29 is 33.9 Å². The molecule has 0 radical (unpaired) electrons. The van der Waals surface area contributed by atoms with Gasteiger partial charge in [0.15, 0.2) is 0 Å². The first-order chi connectivity index (χ1) is 20.8. The highest BCUT2D eigenvalue weighted by molar-refractivity contribution is 7.40. The van der Waals surface area contributed by atoms with Gasteiger partial charge in [-0.05, 0) is 101 Å². The SMILES string of the molecule is CCCCCCC(C)[NH+](CC)CC.CCCCCCC(C)[NH+](CC)CC.CCCCCCC(C)[NH+](CC)CC.O=P([O-])([O-])[O-]. The standard InChI is InChI=1S/3C12H27N.H3O4P/c3*1-5-8-9-10-11-12(4)13(6-2)7-3;1-5(2,3)4/h3*12H,5-11H2,1-4H3;(H3,1,2,3,4). The van der Waals surface area contributed by atoms with E-state index in [1.54, 1.807) is 14.7 Å². The lowest BCUT2D eigenvalue weighted by atomic mass is 10.1. The molecule has 0 aliphatic carbocycles. The van der Waals surface area contributed by atoms with Crippen LogP contribution < -0.4 is 29.4 Å². The summed E-state index contributed by atoms with van der Waals surface area (Å²) in [5.74, 6) is 0. The highest BCUT2D eigenvalue weighted by Crippen LogP contribution is 2.05. The Balaban J connectivity index is -0.000000253. The summed E-state index contributed by atoms with van der Waals surface area (Å²) in [4.78, 5) is 30.9. The lowest BCUT2D eigenvalue weighted by Crippen LogP contribution is -3.14. The minimum absolute atomic E-state index is 0.867. The number of unbranched alkanes of at least 4 members (excludes halogenated alkanes) is 9. The highest BCUT2D eigenvalue weighted by Gasteiger charge is 2.13. The van der Waals surface area contributed by atoms with Gasteiger partial charge in [0, 0.05) is 0 Å². The fraction of sp³-hybridized carbons (Fsp3) is 1.00. The molecule has 0 aromatic carbocycles. The van der Waals surface area contributed by atoms with Gasteiger partial charge in [-0.25, -0.2) is 0 Å². The number of phosphoric acid groups is 1. The summed E-state index contributed by atoms with van der Waals surface area (Å²) in [6.07, 6.45) is 21.1. The Morgan fingerprint density at radius 2 is 0.591 bits per heavy atom. The first-order valence-corrected chi connectivity index (χ1v) is 20.5. The topological polar surface area (TPSA) is 99.6 Å². The monoisotopic (exact) mass is 654 g/mol. The lowest BCUT2D eigenvalue weighted by molar-refractivity contribution is -0.920. The van der Waals surface area contributed by atoms with Crippen molar-refractivity contribution in [1.82, 2.24) is 0 Å². The Bertz CT molecular complexity index is 498. The van der Waals surface area contributed by atoms with Crippen LogP contribution in [0.4, 0.5) is 0 Å². The van der Waals surface area contributed by atoms with Gasteiger partial charge in [0.2, 0.25) is 0 Å². The molecule has 0 bridgehead atoms. The van der Waals surface area contributed by atoms with Gasteiger partial charge in [0.25, 0.3) is 0 Å². The first-order valence-electron chi connectivity index (χ1n) is 19.0. The second-order valence-corrected chi connectivity index (χ2v) is 13.7. The van der Waals surface area contributed by atoms with Crippen LogP contribution in [0, 0.1) is 0 Å². The van der Waals surface area contributed by atoms with Gasteiger partial charge in [0.05, 0.1) is 57.4 Å². The highest BCUT2D eigenvalue weighted by atomic mass is 31.2. The van der Waals surface area contributed by atoms with E-state index in [1.165, 1.54) is 136 Å². The van der Waals surface area contributed by atoms with Gasteiger partial charge < -0.3 is 33.9 Å². The second kappa shape index (κ2) is 37.4. The van der Waals surface area contributed by atoms with Crippen molar-refractivity contribution >= 4 is 7.82 Å². The van der Waals surface area contributed by atoms with E-state index >= 15 is 0 Å². The quantitative estimate of drug-likeness (QED) is 0.108. The van der Waals surface area contributed by atoms with Crippen LogP contribution in [0.2, 0.25) is 0 Å². The number of quaternary nitrogens is 3. The minimum atomic E-state index is -5.39. The fourth-order valence-corrected chi connectivity index (χ4v) is 6.09. The Morgan fingerprint density at radius 3 is 0.727 bits per heavy atom. The van der Waals surface area contributed by atoms with Crippen LogP contribution in [0.1, 0.15) is 179 Å². The summed E-state index contributed by atoms with van der Waals surface area (Å²) in [6.45, 7) is 35.5. The largest absolute Gasteiger partial charge is 0.822 e. The van der Waals surface area contributed by atoms with E-state index < -0.39 is 7.82 Å². The third-order valence-corrected chi connectivity index (χ3v) is 9.29. The molecule has 0 amide bonds. The molecule has 272 valence electrons. The molecule has 3 atom stereocenters. The molecule has 0 aromatic heterocycles. The maximum Gasteiger partial charge on any atom is 0.0845 e. The molecule has 0 aliphatic heterocycles. The van der Waals surface area contributed by atoms with Crippen molar-refractivity contribution in [1.29, 1.82) is 0 Å². The van der Waals surface area contributed by atoms with E-state index in [4.69, 9.17) is 19.2 Å². The minimum Gasteiger partial charge on any atom is -0.822 e. The zero-order valence-corrected chi connectivity index (χ0v) is 33.1. The van der Waals surface area contributed by atoms with Crippen LogP contribution in [-0.4, -0.2) is 57.4 Å². The van der Waals surface area contributed by atoms with Gasteiger partial charge in [-0.2, -0.15) is 7.82 Å². The fourth-order valence-electron chi connectivity index (χ4n) is 6.09. The zero-order chi connectivity index (χ0) is 34.8.